The molecule has 1 aromatic heterocycles. The van der Waals surface area contributed by atoms with Gasteiger partial charge in [-0.05, 0) is 11.5 Å². The molecule has 0 spiro atoms. The molecule has 0 aliphatic rings. The number of hydrogen-bond acceptors (Lipinski definition) is 3. The largest absolute Gasteiger partial charge is 0.481 e. The van der Waals surface area contributed by atoms with Gasteiger partial charge in [-0.3, -0.25) is 9.59 Å². The summed E-state index contributed by atoms with van der Waals surface area (Å²) in [6.45, 7) is 5.48. The number of aromatic nitrogens is 1. The molecule has 0 aromatic carbocycles. The maximum atomic E-state index is 12.9. The number of carbonyl (C=O) groups excluding carboxylic acids is 1. The monoisotopic (exact) mass is 268 g/mol. The molecule has 0 saturated carbocycles. The second-order valence-electron chi connectivity index (χ2n) is 5.36. The Bertz CT molecular complexity index is 483. The predicted molar refractivity (Wildman–Crippen MR) is 67.2 cm³/mol. The Labute approximate surface area is 110 Å². The van der Waals surface area contributed by atoms with Gasteiger partial charge in [-0.25, -0.2) is 4.98 Å². The molecule has 1 aromatic rings. The minimum atomic E-state index is -0.999. The summed E-state index contributed by atoms with van der Waals surface area (Å²) in [5.74, 6) is -2.26. The van der Waals surface area contributed by atoms with Crippen LogP contribution in [0, 0.1) is 11.4 Å². The van der Waals surface area contributed by atoms with Crippen LogP contribution in [0.2, 0.25) is 0 Å². The molecule has 0 radical (unpaired) electrons. The van der Waals surface area contributed by atoms with Crippen LogP contribution in [0.3, 0.4) is 0 Å². The lowest BCUT2D eigenvalue weighted by molar-refractivity contribution is -0.138. The fraction of sp³-hybridized carbons (Fsp3) is 0.462. The van der Waals surface area contributed by atoms with E-state index >= 15 is 0 Å². The van der Waals surface area contributed by atoms with Gasteiger partial charge in [0.25, 0.3) is 5.91 Å². The quantitative estimate of drug-likeness (QED) is 0.817. The lowest BCUT2D eigenvalue weighted by Gasteiger charge is -2.30. The van der Waals surface area contributed by atoms with Crippen LogP contribution >= 0.6 is 0 Å². The van der Waals surface area contributed by atoms with Crippen LogP contribution in [0.1, 0.15) is 37.6 Å². The van der Waals surface area contributed by atoms with Gasteiger partial charge in [-0.2, -0.15) is 4.39 Å². The highest BCUT2D eigenvalue weighted by molar-refractivity contribution is 5.94. The van der Waals surface area contributed by atoms with Crippen molar-refractivity contribution >= 4 is 11.9 Å². The number of halogens is 1. The molecule has 104 valence electrons. The number of nitrogens with zero attached hydrogens (tertiary/aromatic N) is 1. The first-order valence-corrected chi connectivity index (χ1v) is 5.84. The summed E-state index contributed by atoms with van der Waals surface area (Å²) in [7, 11) is 0. The highest BCUT2D eigenvalue weighted by Gasteiger charge is 2.28. The van der Waals surface area contributed by atoms with Crippen molar-refractivity contribution in [2.24, 2.45) is 5.41 Å². The second kappa shape index (κ2) is 5.77. The summed E-state index contributed by atoms with van der Waals surface area (Å²) in [6, 6.07) is 1.84. The first-order valence-electron chi connectivity index (χ1n) is 5.84. The third-order valence-electron chi connectivity index (χ3n) is 2.72. The molecule has 2 N–H and O–H groups in total. The SMILES string of the molecule is CC(C)(C)C(CC(=O)O)NC(=O)c1ccnc(F)c1. The van der Waals surface area contributed by atoms with Crippen LogP contribution in [0.25, 0.3) is 0 Å². The van der Waals surface area contributed by atoms with E-state index in [1.165, 1.54) is 12.3 Å². The van der Waals surface area contributed by atoms with Crippen molar-refractivity contribution in [1.29, 1.82) is 0 Å². The number of amides is 1. The van der Waals surface area contributed by atoms with Crippen molar-refractivity contribution in [2.75, 3.05) is 0 Å². The lowest BCUT2D eigenvalue weighted by Crippen LogP contribution is -2.45. The van der Waals surface area contributed by atoms with Gasteiger partial charge in [-0.15, -0.1) is 0 Å². The molecule has 0 fully saturated rings. The first-order chi connectivity index (χ1) is 8.70. The van der Waals surface area contributed by atoms with Gasteiger partial charge in [0.15, 0.2) is 0 Å². The molecule has 0 aliphatic heterocycles. The van der Waals surface area contributed by atoms with Gasteiger partial charge in [0.1, 0.15) is 0 Å². The highest BCUT2D eigenvalue weighted by atomic mass is 19.1. The van der Waals surface area contributed by atoms with Gasteiger partial charge in [0, 0.05) is 23.9 Å². The fourth-order valence-electron chi connectivity index (χ4n) is 1.53. The van der Waals surface area contributed by atoms with E-state index < -0.39 is 29.3 Å². The number of pyridine rings is 1. The summed E-state index contributed by atoms with van der Waals surface area (Å²) in [4.78, 5) is 26.1. The number of nitrogens with one attached hydrogen (secondary N) is 1. The van der Waals surface area contributed by atoms with Crippen molar-refractivity contribution in [3.63, 3.8) is 0 Å². The summed E-state index contributed by atoms with van der Waals surface area (Å²) in [5, 5.41) is 11.5. The average molecular weight is 268 g/mol. The Kier molecular flexibility index (Phi) is 4.58. The van der Waals surface area contributed by atoms with Gasteiger partial charge < -0.3 is 10.4 Å². The predicted octanol–water partition coefficient (Wildman–Crippen LogP) is 1.84. The zero-order chi connectivity index (χ0) is 14.6. The molecular formula is C13H17FN2O3. The Balaban J connectivity index is 2.85. The van der Waals surface area contributed by atoms with Crippen molar-refractivity contribution in [3.05, 3.63) is 29.8 Å². The van der Waals surface area contributed by atoms with Gasteiger partial charge >= 0.3 is 5.97 Å². The summed E-state index contributed by atoms with van der Waals surface area (Å²) >= 11 is 0. The Morgan fingerprint density at radius 3 is 2.58 bits per heavy atom. The van der Waals surface area contributed by atoms with E-state index in [1.54, 1.807) is 0 Å². The molecular weight excluding hydrogens is 251 g/mol. The molecule has 1 atom stereocenters. The third-order valence-corrected chi connectivity index (χ3v) is 2.72. The van der Waals surface area contributed by atoms with Crippen molar-refractivity contribution < 1.29 is 19.1 Å². The average Bonchev–Trinajstić information content (AvgIpc) is 2.26. The van der Waals surface area contributed by atoms with Gasteiger partial charge in [-0.1, -0.05) is 20.8 Å². The van der Waals surface area contributed by atoms with Crippen molar-refractivity contribution in [2.45, 2.75) is 33.2 Å². The third kappa shape index (κ3) is 4.65. The van der Waals surface area contributed by atoms with Crippen molar-refractivity contribution in [1.82, 2.24) is 10.3 Å². The Morgan fingerprint density at radius 1 is 1.47 bits per heavy atom. The number of carbonyl (C=O) groups is 2. The van der Waals surface area contributed by atoms with Crippen LogP contribution in [0.5, 0.6) is 0 Å². The molecule has 1 heterocycles. The normalized spacial score (nSPS) is 12.8. The molecule has 0 bridgehead atoms. The van der Waals surface area contributed by atoms with Crippen LogP contribution in [0.15, 0.2) is 18.3 Å². The van der Waals surface area contributed by atoms with Gasteiger partial charge in [0.05, 0.1) is 6.42 Å². The molecule has 19 heavy (non-hydrogen) atoms. The van der Waals surface area contributed by atoms with Gasteiger partial charge in [0.2, 0.25) is 5.95 Å². The second-order valence-corrected chi connectivity index (χ2v) is 5.36. The van der Waals surface area contributed by atoms with Crippen LogP contribution < -0.4 is 5.32 Å². The molecule has 5 nitrogen and oxygen atoms in total. The van der Waals surface area contributed by atoms with Crippen LogP contribution in [-0.2, 0) is 4.79 Å². The molecule has 6 heteroatoms. The number of aliphatic carboxylic acids is 1. The minimum absolute atomic E-state index is 0.118. The van der Waals surface area contributed by atoms with E-state index in [0.717, 1.165) is 6.07 Å². The smallest absolute Gasteiger partial charge is 0.305 e. The molecule has 1 rings (SSSR count). The maximum Gasteiger partial charge on any atom is 0.305 e. The number of hydrogen-bond donors (Lipinski definition) is 2. The standard InChI is InChI=1S/C13H17FN2O3/c1-13(2,3)9(7-11(17)18)16-12(19)8-4-5-15-10(14)6-8/h4-6,9H,7H2,1-3H3,(H,16,19)(H,17,18). The summed E-state index contributed by atoms with van der Waals surface area (Å²) in [5.41, 5.74) is -0.299. The van der Waals surface area contributed by atoms with E-state index in [0.29, 0.717) is 0 Å². The zero-order valence-electron chi connectivity index (χ0n) is 11.1. The summed E-state index contributed by atoms with van der Waals surface area (Å²) < 4.78 is 12.9. The molecule has 0 saturated heterocycles. The Morgan fingerprint density at radius 2 is 2.11 bits per heavy atom. The van der Waals surface area contributed by atoms with E-state index in [9.17, 15) is 14.0 Å². The van der Waals surface area contributed by atoms with Crippen molar-refractivity contribution in [3.8, 4) is 0 Å². The summed E-state index contributed by atoms with van der Waals surface area (Å²) in [6.07, 6.45) is 0.996. The minimum Gasteiger partial charge on any atom is -0.481 e. The Hall–Kier alpha value is -1.98. The van der Waals surface area contributed by atoms with E-state index in [-0.39, 0.29) is 12.0 Å². The molecule has 1 unspecified atom stereocenters. The number of carboxylic acids is 1. The molecule has 1 amide bonds. The fourth-order valence-corrected chi connectivity index (χ4v) is 1.53. The van der Waals surface area contributed by atoms with E-state index in [1.807, 2.05) is 20.8 Å². The molecule has 0 aliphatic carbocycles. The lowest BCUT2D eigenvalue weighted by atomic mass is 9.84. The topological polar surface area (TPSA) is 79.3 Å². The van der Waals surface area contributed by atoms with Crippen LogP contribution in [-0.4, -0.2) is 28.0 Å². The van der Waals surface area contributed by atoms with E-state index in [4.69, 9.17) is 5.11 Å². The number of rotatable bonds is 4. The first kappa shape index (κ1) is 15.1. The number of carboxylic acid groups (broad SMARTS) is 1. The zero-order valence-corrected chi connectivity index (χ0v) is 11.1. The maximum absolute atomic E-state index is 12.9. The van der Waals surface area contributed by atoms with Crippen LogP contribution in [0.4, 0.5) is 4.39 Å². The van der Waals surface area contributed by atoms with E-state index in [2.05, 4.69) is 10.3 Å². The highest BCUT2D eigenvalue weighted by Crippen LogP contribution is 2.22.